The second-order valence-corrected chi connectivity index (χ2v) is 7.49. The van der Waals surface area contributed by atoms with Crippen LogP contribution in [-0.4, -0.2) is 49.7 Å². The van der Waals surface area contributed by atoms with Gasteiger partial charge in [0.05, 0.1) is 0 Å². The molecule has 0 radical (unpaired) electrons. The van der Waals surface area contributed by atoms with Gasteiger partial charge < -0.3 is 15.5 Å². The molecule has 0 aliphatic carbocycles. The molecule has 1 aliphatic heterocycles. The minimum atomic E-state index is 0.238. The van der Waals surface area contributed by atoms with Gasteiger partial charge in [-0.1, -0.05) is 20.8 Å². The second kappa shape index (κ2) is 6.88. The monoisotopic (exact) mass is 255 g/mol. The third-order valence-electron chi connectivity index (χ3n) is 3.44. The van der Waals surface area contributed by atoms with Crippen LogP contribution in [0.15, 0.2) is 0 Å². The highest BCUT2D eigenvalue weighted by Gasteiger charge is 2.24. The largest absolute Gasteiger partial charge is 0.315 e. The standard InChI is InChI=1S/C15H33N3/c1-14(2,3)13-15(4,5)17-9-12-18-10-6-7-16-8-11-18/h16-17H,6-13H2,1-5H3. The van der Waals surface area contributed by atoms with Gasteiger partial charge in [0.25, 0.3) is 0 Å². The van der Waals surface area contributed by atoms with E-state index < -0.39 is 0 Å². The molecule has 3 nitrogen and oxygen atoms in total. The van der Waals surface area contributed by atoms with E-state index in [1.165, 1.54) is 39.0 Å². The summed E-state index contributed by atoms with van der Waals surface area (Å²) in [7, 11) is 0. The maximum Gasteiger partial charge on any atom is 0.0130 e. The number of hydrogen-bond donors (Lipinski definition) is 2. The Morgan fingerprint density at radius 3 is 2.44 bits per heavy atom. The average molecular weight is 255 g/mol. The molecular formula is C15H33N3. The minimum Gasteiger partial charge on any atom is -0.315 e. The molecule has 0 aromatic heterocycles. The molecule has 1 rings (SSSR count). The van der Waals surface area contributed by atoms with Gasteiger partial charge in [0, 0.05) is 31.7 Å². The van der Waals surface area contributed by atoms with Gasteiger partial charge in [0.15, 0.2) is 0 Å². The van der Waals surface area contributed by atoms with Crippen molar-refractivity contribution in [1.82, 2.24) is 15.5 Å². The van der Waals surface area contributed by atoms with Crippen molar-refractivity contribution in [3.8, 4) is 0 Å². The van der Waals surface area contributed by atoms with E-state index in [2.05, 4.69) is 50.2 Å². The molecule has 0 saturated carbocycles. The van der Waals surface area contributed by atoms with E-state index in [4.69, 9.17) is 0 Å². The SMILES string of the molecule is CC(C)(C)CC(C)(C)NCCN1CCCNCC1. The van der Waals surface area contributed by atoms with Crippen molar-refractivity contribution in [2.75, 3.05) is 39.3 Å². The molecule has 1 fully saturated rings. The van der Waals surface area contributed by atoms with Crippen LogP contribution >= 0.6 is 0 Å². The molecular weight excluding hydrogens is 222 g/mol. The normalized spacial score (nSPS) is 19.8. The highest BCUT2D eigenvalue weighted by atomic mass is 15.2. The number of nitrogens with one attached hydrogen (secondary N) is 2. The van der Waals surface area contributed by atoms with E-state index in [1.807, 2.05) is 0 Å². The first kappa shape index (κ1) is 15.9. The van der Waals surface area contributed by atoms with E-state index >= 15 is 0 Å². The molecule has 0 amide bonds. The Balaban J connectivity index is 2.23. The molecule has 108 valence electrons. The van der Waals surface area contributed by atoms with Gasteiger partial charge in [0.1, 0.15) is 0 Å². The molecule has 0 atom stereocenters. The Morgan fingerprint density at radius 1 is 1.06 bits per heavy atom. The summed E-state index contributed by atoms with van der Waals surface area (Å²) in [6, 6.07) is 0. The van der Waals surface area contributed by atoms with Crippen molar-refractivity contribution in [2.45, 2.75) is 53.0 Å². The van der Waals surface area contributed by atoms with Crippen molar-refractivity contribution in [3.05, 3.63) is 0 Å². The third-order valence-corrected chi connectivity index (χ3v) is 3.44. The second-order valence-electron chi connectivity index (χ2n) is 7.49. The maximum absolute atomic E-state index is 3.72. The molecule has 3 heteroatoms. The quantitative estimate of drug-likeness (QED) is 0.788. The van der Waals surface area contributed by atoms with Crippen molar-refractivity contribution < 1.29 is 0 Å². The highest BCUT2D eigenvalue weighted by molar-refractivity contribution is 4.83. The summed E-state index contributed by atoms with van der Waals surface area (Å²) >= 11 is 0. The number of nitrogens with zero attached hydrogens (tertiary/aromatic N) is 1. The molecule has 18 heavy (non-hydrogen) atoms. The first-order valence-corrected chi connectivity index (χ1v) is 7.47. The van der Waals surface area contributed by atoms with Gasteiger partial charge in [-0.3, -0.25) is 0 Å². The molecule has 1 saturated heterocycles. The van der Waals surface area contributed by atoms with Crippen LogP contribution in [0.1, 0.15) is 47.5 Å². The van der Waals surface area contributed by atoms with Crippen molar-refractivity contribution >= 4 is 0 Å². The Bertz CT molecular complexity index is 222. The lowest BCUT2D eigenvalue weighted by Gasteiger charge is -2.34. The van der Waals surface area contributed by atoms with Crippen molar-refractivity contribution in [1.29, 1.82) is 0 Å². The summed E-state index contributed by atoms with van der Waals surface area (Å²) < 4.78 is 0. The molecule has 0 aromatic rings. The topological polar surface area (TPSA) is 27.3 Å². The zero-order valence-electron chi connectivity index (χ0n) is 13.1. The van der Waals surface area contributed by atoms with Crippen LogP contribution in [0.2, 0.25) is 0 Å². The zero-order valence-corrected chi connectivity index (χ0v) is 13.1. The number of rotatable bonds is 5. The predicted octanol–water partition coefficient (Wildman–Crippen LogP) is 2.09. The van der Waals surface area contributed by atoms with Crippen molar-refractivity contribution in [3.63, 3.8) is 0 Å². The summed E-state index contributed by atoms with van der Waals surface area (Å²) in [5.74, 6) is 0. The summed E-state index contributed by atoms with van der Waals surface area (Å²) in [6.45, 7) is 18.6. The lowest BCUT2D eigenvalue weighted by Crippen LogP contribution is -2.46. The van der Waals surface area contributed by atoms with Crippen LogP contribution in [0.3, 0.4) is 0 Å². The predicted molar refractivity (Wildman–Crippen MR) is 80.1 cm³/mol. The fourth-order valence-corrected chi connectivity index (χ4v) is 3.07. The van der Waals surface area contributed by atoms with Crippen LogP contribution < -0.4 is 10.6 Å². The maximum atomic E-state index is 3.72. The molecule has 1 aliphatic rings. The minimum absolute atomic E-state index is 0.238. The summed E-state index contributed by atoms with van der Waals surface area (Å²) in [6.07, 6.45) is 2.49. The smallest absolute Gasteiger partial charge is 0.0130 e. The van der Waals surface area contributed by atoms with E-state index in [-0.39, 0.29) is 5.54 Å². The highest BCUT2D eigenvalue weighted by Crippen LogP contribution is 2.26. The van der Waals surface area contributed by atoms with E-state index in [9.17, 15) is 0 Å². The Labute approximate surface area is 114 Å². The molecule has 0 spiro atoms. The van der Waals surface area contributed by atoms with Crippen LogP contribution in [-0.2, 0) is 0 Å². The number of hydrogen-bond acceptors (Lipinski definition) is 3. The van der Waals surface area contributed by atoms with Crippen LogP contribution in [0.4, 0.5) is 0 Å². The fraction of sp³-hybridized carbons (Fsp3) is 1.00. The van der Waals surface area contributed by atoms with Crippen LogP contribution in [0.5, 0.6) is 0 Å². The molecule has 0 unspecified atom stereocenters. The Kier molecular flexibility index (Phi) is 6.09. The summed E-state index contributed by atoms with van der Waals surface area (Å²) in [5, 5.41) is 7.17. The fourth-order valence-electron chi connectivity index (χ4n) is 3.07. The van der Waals surface area contributed by atoms with Gasteiger partial charge in [0.2, 0.25) is 0 Å². The van der Waals surface area contributed by atoms with Gasteiger partial charge >= 0.3 is 0 Å². The van der Waals surface area contributed by atoms with Gasteiger partial charge in [-0.25, -0.2) is 0 Å². The molecule has 0 bridgehead atoms. The van der Waals surface area contributed by atoms with E-state index in [0.717, 1.165) is 13.1 Å². The van der Waals surface area contributed by atoms with Gasteiger partial charge in [-0.15, -0.1) is 0 Å². The van der Waals surface area contributed by atoms with Gasteiger partial charge in [-0.05, 0) is 45.2 Å². The lowest BCUT2D eigenvalue weighted by atomic mass is 9.82. The van der Waals surface area contributed by atoms with E-state index in [1.54, 1.807) is 0 Å². The van der Waals surface area contributed by atoms with Crippen molar-refractivity contribution in [2.24, 2.45) is 5.41 Å². The average Bonchev–Trinajstić information content (AvgIpc) is 2.42. The zero-order chi connectivity index (χ0) is 13.6. The molecule has 0 aromatic carbocycles. The van der Waals surface area contributed by atoms with Crippen LogP contribution in [0.25, 0.3) is 0 Å². The summed E-state index contributed by atoms with van der Waals surface area (Å²) in [4.78, 5) is 2.57. The first-order valence-electron chi connectivity index (χ1n) is 7.47. The van der Waals surface area contributed by atoms with Gasteiger partial charge in [-0.2, -0.15) is 0 Å². The Hall–Kier alpha value is -0.120. The molecule has 1 heterocycles. The summed E-state index contributed by atoms with van der Waals surface area (Å²) in [5.41, 5.74) is 0.630. The third kappa shape index (κ3) is 7.34. The first-order chi connectivity index (χ1) is 8.29. The lowest BCUT2D eigenvalue weighted by molar-refractivity contribution is 0.223. The Morgan fingerprint density at radius 2 is 1.78 bits per heavy atom. The molecule has 2 N–H and O–H groups in total. The van der Waals surface area contributed by atoms with Crippen LogP contribution in [0, 0.1) is 5.41 Å². The van der Waals surface area contributed by atoms with E-state index in [0.29, 0.717) is 5.41 Å².